The quantitative estimate of drug-likeness (QED) is 0.694. The van der Waals surface area contributed by atoms with Crippen LogP contribution in [0.4, 0.5) is 0 Å². The van der Waals surface area contributed by atoms with Crippen LogP contribution in [0.3, 0.4) is 0 Å². The summed E-state index contributed by atoms with van der Waals surface area (Å²) in [4.78, 5) is 0. The number of aliphatic hydroxyl groups excluding tert-OH is 1. The highest BCUT2D eigenvalue weighted by molar-refractivity contribution is 5.41. The van der Waals surface area contributed by atoms with Gasteiger partial charge >= 0.3 is 0 Å². The Balaban J connectivity index is 2.02. The third-order valence-electron chi connectivity index (χ3n) is 4.66. The Kier molecular flexibility index (Phi) is 5.53. The third-order valence-corrected chi connectivity index (χ3v) is 4.66. The molecular weight excluding hydrogens is 320 g/mol. The van der Waals surface area contributed by atoms with E-state index < -0.39 is 17.6 Å². The molecule has 0 heterocycles. The number of hydrogen-bond donors (Lipinski definition) is 2. The van der Waals surface area contributed by atoms with E-state index in [1.807, 2.05) is 97.9 Å². The van der Waals surface area contributed by atoms with Crippen LogP contribution in [0.15, 0.2) is 91.0 Å². The van der Waals surface area contributed by atoms with Gasteiger partial charge in [0.1, 0.15) is 0 Å². The van der Waals surface area contributed by atoms with Gasteiger partial charge in [-0.25, -0.2) is 0 Å². The Morgan fingerprint density at radius 3 is 1.85 bits per heavy atom. The Bertz CT molecular complexity index is 879. The molecule has 3 aromatic carbocycles. The molecular formula is C24H22O2. The molecule has 2 nitrogen and oxygen atoms in total. The molecule has 2 heteroatoms. The van der Waals surface area contributed by atoms with Crippen molar-refractivity contribution in [1.82, 2.24) is 0 Å². The lowest BCUT2D eigenvalue weighted by atomic mass is 9.77. The van der Waals surface area contributed by atoms with Crippen molar-refractivity contribution in [3.8, 4) is 11.8 Å². The third kappa shape index (κ3) is 3.86. The molecule has 2 N–H and O–H groups in total. The van der Waals surface area contributed by atoms with Crippen LogP contribution in [-0.4, -0.2) is 10.2 Å². The SMILES string of the molecule is C[C@H]([C@@H](O)c1ccccc1)[C@@](O)(C#Cc1ccccc1)c1ccccc1. The standard InChI is InChI=1S/C24H22O2/c1-19(23(25)21-13-7-3-8-14-21)24(26,22-15-9-4-10-16-22)18-17-20-11-5-2-6-12-20/h2-16,19,23,25-26H,1H3/t19-,23-,24+/m1/s1. The molecule has 3 atom stereocenters. The van der Waals surface area contributed by atoms with E-state index in [0.29, 0.717) is 5.56 Å². The van der Waals surface area contributed by atoms with Crippen LogP contribution in [0.2, 0.25) is 0 Å². The summed E-state index contributed by atoms with van der Waals surface area (Å²) in [5.74, 6) is 5.56. The highest BCUT2D eigenvalue weighted by atomic mass is 16.3. The first-order chi connectivity index (χ1) is 12.6. The monoisotopic (exact) mass is 342 g/mol. The second-order valence-electron chi connectivity index (χ2n) is 6.39. The molecule has 0 saturated carbocycles. The molecule has 0 aliphatic heterocycles. The van der Waals surface area contributed by atoms with Crippen LogP contribution >= 0.6 is 0 Å². The molecule has 0 fully saturated rings. The van der Waals surface area contributed by atoms with Crippen molar-refractivity contribution in [2.75, 3.05) is 0 Å². The minimum atomic E-state index is -1.48. The summed E-state index contributed by atoms with van der Waals surface area (Å²) in [7, 11) is 0. The molecule has 0 bridgehead atoms. The minimum absolute atomic E-state index is 0.525. The van der Waals surface area contributed by atoms with Gasteiger partial charge in [0.25, 0.3) is 0 Å². The first kappa shape index (κ1) is 17.9. The van der Waals surface area contributed by atoms with Gasteiger partial charge < -0.3 is 10.2 Å². The second-order valence-corrected chi connectivity index (χ2v) is 6.39. The van der Waals surface area contributed by atoms with Crippen molar-refractivity contribution >= 4 is 0 Å². The van der Waals surface area contributed by atoms with E-state index in [1.54, 1.807) is 0 Å². The van der Waals surface area contributed by atoms with Crippen molar-refractivity contribution in [3.05, 3.63) is 108 Å². The summed E-state index contributed by atoms with van der Waals surface area (Å²) in [6.07, 6.45) is -0.841. The van der Waals surface area contributed by atoms with E-state index in [0.717, 1.165) is 11.1 Å². The largest absolute Gasteiger partial charge is 0.388 e. The Labute approximate surface area is 154 Å². The first-order valence-corrected chi connectivity index (χ1v) is 8.70. The average Bonchev–Trinajstić information content (AvgIpc) is 2.73. The molecule has 0 unspecified atom stereocenters. The van der Waals surface area contributed by atoms with Gasteiger partial charge in [0.05, 0.1) is 6.10 Å². The van der Waals surface area contributed by atoms with E-state index >= 15 is 0 Å². The van der Waals surface area contributed by atoms with Crippen LogP contribution in [0.5, 0.6) is 0 Å². The average molecular weight is 342 g/mol. The molecule has 0 radical (unpaired) electrons. The predicted molar refractivity (Wildman–Crippen MR) is 104 cm³/mol. The predicted octanol–water partition coefficient (Wildman–Crippen LogP) is 4.30. The lowest BCUT2D eigenvalue weighted by molar-refractivity contribution is -0.0284. The topological polar surface area (TPSA) is 40.5 Å². The maximum Gasteiger partial charge on any atom is 0.156 e. The maximum absolute atomic E-state index is 11.5. The van der Waals surface area contributed by atoms with Gasteiger partial charge in [-0.05, 0) is 23.3 Å². The molecule has 0 amide bonds. The van der Waals surface area contributed by atoms with Crippen LogP contribution in [-0.2, 0) is 5.60 Å². The van der Waals surface area contributed by atoms with E-state index in [2.05, 4.69) is 11.8 Å². The fourth-order valence-corrected chi connectivity index (χ4v) is 3.00. The summed E-state index contributed by atoms with van der Waals surface area (Å²) < 4.78 is 0. The number of aliphatic hydroxyl groups is 2. The fourth-order valence-electron chi connectivity index (χ4n) is 3.00. The van der Waals surface area contributed by atoms with Gasteiger partial charge in [-0.15, -0.1) is 0 Å². The molecule has 0 aromatic heterocycles. The van der Waals surface area contributed by atoms with Crippen LogP contribution in [0.1, 0.15) is 29.7 Å². The van der Waals surface area contributed by atoms with Gasteiger partial charge in [-0.2, -0.15) is 0 Å². The molecule has 3 rings (SSSR count). The van der Waals surface area contributed by atoms with Crippen molar-refractivity contribution in [1.29, 1.82) is 0 Å². The highest BCUT2D eigenvalue weighted by Crippen LogP contribution is 2.37. The maximum atomic E-state index is 11.5. The van der Waals surface area contributed by atoms with Gasteiger partial charge in [-0.1, -0.05) is 97.6 Å². The normalized spacial score (nSPS) is 15.2. The Morgan fingerprint density at radius 2 is 1.27 bits per heavy atom. The van der Waals surface area contributed by atoms with Gasteiger partial charge in [0, 0.05) is 11.5 Å². The van der Waals surface area contributed by atoms with Crippen molar-refractivity contribution in [3.63, 3.8) is 0 Å². The summed E-state index contributed by atoms with van der Waals surface area (Å²) in [6.45, 7) is 1.82. The number of hydrogen-bond acceptors (Lipinski definition) is 2. The van der Waals surface area contributed by atoms with Gasteiger partial charge in [0.15, 0.2) is 5.60 Å². The molecule has 3 aromatic rings. The smallest absolute Gasteiger partial charge is 0.156 e. The zero-order valence-corrected chi connectivity index (χ0v) is 14.7. The minimum Gasteiger partial charge on any atom is -0.388 e. The first-order valence-electron chi connectivity index (χ1n) is 8.70. The fraction of sp³-hybridized carbons (Fsp3) is 0.167. The number of rotatable bonds is 4. The highest BCUT2D eigenvalue weighted by Gasteiger charge is 2.38. The summed E-state index contributed by atoms with van der Waals surface area (Å²) in [6, 6.07) is 28.2. The van der Waals surface area contributed by atoms with Crippen LogP contribution < -0.4 is 0 Å². The zero-order valence-electron chi connectivity index (χ0n) is 14.7. The Morgan fingerprint density at radius 1 is 0.769 bits per heavy atom. The Hall–Kier alpha value is -2.86. The lowest BCUT2D eigenvalue weighted by Gasteiger charge is -2.33. The molecule has 0 spiro atoms. The van der Waals surface area contributed by atoms with E-state index in [1.165, 1.54) is 0 Å². The summed E-state index contributed by atoms with van der Waals surface area (Å²) in [5.41, 5.74) is 0.775. The van der Waals surface area contributed by atoms with Crippen molar-refractivity contribution < 1.29 is 10.2 Å². The van der Waals surface area contributed by atoms with Crippen LogP contribution in [0, 0.1) is 17.8 Å². The molecule has 0 aliphatic carbocycles. The van der Waals surface area contributed by atoms with Crippen molar-refractivity contribution in [2.45, 2.75) is 18.6 Å². The molecule has 26 heavy (non-hydrogen) atoms. The lowest BCUT2D eigenvalue weighted by Crippen LogP contribution is -2.36. The van der Waals surface area contributed by atoms with E-state index in [-0.39, 0.29) is 0 Å². The van der Waals surface area contributed by atoms with Gasteiger partial charge in [0.2, 0.25) is 0 Å². The molecule has 0 saturated heterocycles. The van der Waals surface area contributed by atoms with Crippen molar-refractivity contribution in [2.24, 2.45) is 5.92 Å². The van der Waals surface area contributed by atoms with E-state index in [4.69, 9.17) is 0 Å². The molecule has 0 aliphatic rings. The zero-order chi connectivity index (χ0) is 18.4. The molecule has 130 valence electrons. The van der Waals surface area contributed by atoms with Crippen LogP contribution in [0.25, 0.3) is 0 Å². The summed E-state index contributed by atoms with van der Waals surface area (Å²) >= 11 is 0. The van der Waals surface area contributed by atoms with Gasteiger partial charge in [-0.3, -0.25) is 0 Å². The number of benzene rings is 3. The second kappa shape index (κ2) is 8.01. The van der Waals surface area contributed by atoms with E-state index in [9.17, 15) is 10.2 Å². The summed E-state index contributed by atoms with van der Waals surface area (Å²) in [5, 5.41) is 22.4.